The van der Waals surface area contributed by atoms with E-state index < -0.39 is 17.2 Å². The highest BCUT2D eigenvalue weighted by molar-refractivity contribution is 6.35. The van der Waals surface area contributed by atoms with Crippen molar-refractivity contribution in [3.63, 3.8) is 0 Å². The van der Waals surface area contributed by atoms with Gasteiger partial charge in [0.1, 0.15) is 0 Å². The van der Waals surface area contributed by atoms with Crippen molar-refractivity contribution in [2.75, 3.05) is 32.0 Å². The van der Waals surface area contributed by atoms with Crippen LogP contribution < -0.4 is 10.6 Å². The number of para-hydroxylation sites is 1. The number of hydrogen-bond acceptors (Lipinski definition) is 4. The lowest BCUT2D eigenvalue weighted by atomic mass is 9.71. The van der Waals surface area contributed by atoms with E-state index >= 15 is 0 Å². The van der Waals surface area contributed by atoms with Crippen molar-refractivity contribution < 1.29 is 19.2 Å². The molecule has 0 aliphatic carbocycles. The fraction of sp³-hybridized carbons (Fsp3) is 0.524. The van der Waals surface area contributed by atoms with Crippen LogP contribution in [-0.2, 0) is 25.6 Å². The molecule has 4 rings (SSSR count). The van der Waals surface area contributed by atoms with Crippen molar-refractivity contribution in [1.29, 1.82) is 0 Å². The van der Waals surface area contributed by atoms with Gasteiger partial charge in [0.25, 0.3) is 0 Å². The molecular formula is C21H26N4O4. The fourth-order valence-electron chi connectivity index (χ4n) is 4.56. The van der Waals surface area contributed by atoms with E-state index in [1.165, 1.54) is 4.90 Å². The first kappa shape index (κ1) is 19.4. The van der Waals surface area contributed by atoms with Crippen molar-refractivity contribution in [1.82, 2.24) is 15.1 Å². The third kappa shape index (κ3) is 3.71. The lowest BCUT2D eigenvalue weighted by Gasteiger charge is -2.43. The Morgan fingerprint density at radius 2 is 1.90 bits per heavy atom. The smallest absolute Gasteiger partial charge is 0.311 e. The molecule has 0 saturated carbocycles. The Bertz CT molecular complexity index is 860. The van der Waals surface area contributed by atoms with Gasteiger partial charge in [-0.1, -0.05) is 18.2 Å². The van der Waals surface area contributed by atoms with E-state index in [0.29, 0.717) is 51.7 Å². The maximum absolute atomic E-state index is 12.7. The third-order valence-electron chi connectivity index (χ3n) is 6.44. The number of anilines is 1. The Morgan fingerprint density at radius 1 is 1.17 bits per heavy atom. The molecule has 1 unspecified atom stereocenters. The summed E-state index contributed by atoms with van der Waals surface area (Å²) in [4.78, 5) is 52.4. The van der Waals surface area contributed by atoms with E-state index in [-0.39, 0.29) is 17.9 Å². The standard InChI is InChI=1S/C21H26N4O4/c1-24-13-15(6-7-17(24)26)22-18(27)19(28)25-10-8-21(9-11-25)12-14-4-2-3-5-16(14)23-20(21)29/h2-5,15H,6-13H2,1H3,(H,22,27)(H,23,29). The van der Waals surface area contributed by atoms with Crippen LogP contribution in [0.4, 0.5) is 5.69 Å². The minimum atomic E-state index is -0.632. The molecule has 3 aliphatic heterocycles. The number of carbonyl (C=O) groups excluding carboxylic acids is 4. The quantitative estimate of drug-likeness (QED) is 0.674. The Morgan fingerprint density at radius 3 is 2.62 bits per heavy atom. The van der Waals surface area contributed by atoms with E-state index in [0.717, 1.165) is 11.3 Å². The van der Waals surface area contributed by atoms with Crippen LogP contribution in [-0.4, -0.2) is 66.2 Å². The first-order valence-corrected chi connectivity index (χ1v) is 10.1. The van der Waals surface area contributed by atoms with Crippen molar-refractivity contribution in [2.45, 2.75) is 38.1 Å². The maximum Gasteiger partial charge on any atom is 0.311 e. The molecule has 0 aromatic heterocycles. The van der Waals surface area contributed by atoms with Gasteiger partial charge >= 0.3 is 11.8 Å². The van der Waals surface area contributed by atoms with Crippen LogP contribution in [0.5, 0.6) is 0 Å². The zero-order chi connectivity index (χ0) is 20.6. The zero-order valence-corrected chi connectivity index (χ0v) is 16.6. The van der Waals surface area contributed by atoms with Crippen LogP contribution in [0.25, 0.3) is 0 Å². The topological polar surface area (TPSA) is 98.8 Å². The number of likely N-dealkylation sites (tertiary alicyclic amines) is 2. The second-order valence-corrected chi connectivity index (χ2v) is 8.34. The number of piperidine rings is 2. The Hall–Kier alpha value is -2.90. The van der Waals surface area contributed by atoms with Gasteiger partial charge in [-0.3, -0.25) is 19.2 Å². The molecule has 0 bridgehead atoms. The molecule has 2 fully saturated rings. The Labute approximate surface area is 169 Å². The summed E-state index contributed by atoms with van der Waals surface area (Å²) >= 11 is 0. The number of nitrogens with one attached hydrogen (secondary N) is 2. The molecule has 0 radical (unpaired) electrons. The molecule has 1 atom stereocenters. The second-order valence-electron chi connectivity index (χ2n) is 8.34. The monoisotopic (exact) mass is 398 g/mol. The number of amides is 4. The summed E-state index contributed by atoms with van der Waals surface area (Å²) in [6.07, 6.45) is 2.65. The van der Waals surface area contributed by atoms with E-state index in [1.54, 1.807) is 11.9 Å². The van der Waals surface area contributed by atoms with Crippen molar-refractivity contribution in [2.24, 2.45) is 5.41 Å². The highest BCUT2D eigenvalue weighted by Gasteiger charge is 2.45. The lowest BCUT2D eigenvalue weighted by molar-refractivity contribution is -0.149. The first-order chi connectivity index (χ1) is 13.9. The molecule has 2 saturated heterocycles. The number of rotatable bonds is 1. The minimum Gasteiger partial charge on any atom is -0.344 e. The van der Waals surface area contributed by atoms with E-state index in [1.807, 2.05) is 24.3 Å². The summed E-state index contributed by atoms with van der Waals surface area (Å²) in [7, 11) is 1.69. The van der Waals surface area contributed by atoms with Gasteiger partial charge in [0.15, 0.2) is 0 Å². The largest absolute Gasteiger partial charge is 0.344 e. The normalized spacial score (nSPS) is 23.4. The number of hydrogen-bond donors (Lipinski definition) is 2. The number of nitrogens with zero attached hydrogens (tertiary/aromatic N) is 2. The molecule has 154 valence electrons. The molecule has 3 aliphatic rings. The van der Waals surface area contributed by atoms with Gasteiger partial charge in [0, 0.05) is 44.8 Å². The number of carbonyl (C=O) groups is 4. The molecule has 1 aromatic carbocycles. The van der Waals surface area contributed by atoms with E-state index in [2.05, 4.69) is 10.6 Å². The predicted octanol–water partition coefficient (Wildman–Crippen LogP) is 0.527. The Kier molecular flexibility index (Phi) is 5.02. The van der Waals surface area contributed by atoms with Gasteiger partial charge in [0.2, 0.25) is 11.8 Å². The van der Waals surface area contributed by atoms with Crippen LogP contribution in [0.1, 0.15) is 31.2 Å². The molecule has 3 heterocycles. The predicted molar refractivity (Wildman–Crippen MR) is 106 cm³/mol. The fourth-order valence-corrected chi connectivity index (χ4v) is 4.56. The molecule has 1 aromatic rings. The number of likely N-dealkylation sites (N-methyl/N-ethyl adjacent to an activating group) is 1. The second kappa shape index (κ2) is 7.50. The van der Waals surface area contributed by atoms with Crippen molar-refractivity contribution in [3.8, 4) is 0 Å². The molecule has 8 heteroatoms. The van der Waals surface area contributed by atoms with Gasteiger partial charge in [-0.25, -0.2) is 0 Å². The minimum absolute atomic E-state index is 0.00246. The van der Waals surface area contributed by atoms with Crippen molar-refractivity contribution in [3.05, 3.63) is 29.8 Å². The average molecular weight is 398 g/mol. The third-order valence-corrected chi connectivity index (χ3v) is 6.44. The molecule has 4 amide bonds. The summed E-state index contributed by atoms with van der Waals surface area (Å²) in [5, 5.41) is 5.75. The average Bonchev–Trinajstić information content (AvgIpc) is 2.71. The van der Waals surface area contributed by atoms with Gasteiger partial charge in [0.05, 0.1) is 5.41 Å². The highest BCUT2D eigenvalue weighted by Crippen LogP contribution is 2.41. The zero-order valence-electron chi connectivity index (χ0n) is 16.6. The summed E-state index contributed by atoms with van der Waals surface area (Å²) in [6.45, 7) is 1.18. The maximum atomic E-state index is 12.7. The van der Waals surface area contributed by atoms with Crippen molar-refractivity contribution >= 4 is 29.3 Å². The van der Waals surface area contributed by atoms with Gasteiger partial charge in [-0.15, -0.1) is 0 Å². The van der Waals surface area contributed by atoms with Gasteiger partial charge < -0.3 is 20.4 Å². The number of fused-ring (bicyclic) bond motifs is 1. The molecular weight excluding hydrogens is 372 g/mol. The summed E-state index contributed by atoms with van der Waals surface area (Å²) in [6, 6.07) is 7.58. The lowest BCUT2D eigenvalue weighted by Crippen LogP contribution is -2.55. The molecule has 8 nitrogen and oxygen atoms in total. The van der Waals surface area contributed by atoms with E-state index in [9.17, 15) is 19.2 Å². The van der Waals surface area contributed by atoms with Crippen LogP contribution >= 0.6 is 0 Å². The van der Waals surface area contributed by atoms with Crippen LogP contribution in [0.3, 0.4) is 0 Å². The van der Waals surface area contributed by atoms with Gasteiger partial charge in [-0.05, 0) is 37.3 Å². The van der Waals surface area contributed by atoms with Crippen LogP contribution in [0.2, 0.25) is 0 Å². The first-order valence-electron chi connectivity index (χ1n) is 10.1. The summed E-state index contributed by atoms with van der Waals surface area (Å²) < 4.78 is 0. The SMILES string of the molecule is CN1CC(NC(=O)C(=O)N2CCC3(CC2)Cc2ccccc2NC3=O)CCC1=O. The molecule has 29 heavy (non-hydrogen) atoms. The number of benzene rings is 1. The molecule has 1 spiro atoms. The van der Waals surface area contributed by atoms with Gasteiger partial charge in [-0.2, -0.15) is 0 Å². The summed E-state index contributed by atoms with van der Waals surface area (Å²) in [5.41, 5.74) is 1.45. The van der Waals surface area contributed by atoms with Crippen LogP contribution in [0, 0.1) is 5.41 Å². The Balaban J connectivity index is 1.34. The molecule has 2 N–H and O–H groups in total. The highest BCUT2D eigenvalue weighted by atomic mass is 16.2. The summed E-state index contributed by atoms with van der Waals surface area (Å²) in [5.74, 6) is -1.14. The van der Waals surface area contributed by atoms with E-state index in [4.69, 9.17) is 0 Å². The van der Waals surface area contributed by atoms with Crippen LogP contribution in [0.15, 0.2) is 24.3 Å².